The monoisotopic (exact) mass is 274 g/mol. The van der Waals surface area contributed by atoms with E-state index in [1.165, 1.54) is 0 Å². The van der Waals surface area contributed by atoms with Crippen molar-refractivity contribution in [3.05, 3.63) is 36.1 Å². The summed E-state index contributed by atoms with van der Waals surface area (Å²) in [5.74, 6) is 2.21. The number of carbonyl (C=O) groups excluding carboxylic acids is 1. The van der Waals surface area contributed by atoms with Gasteiger partial charge < -0.3 is 18.6 Å². The summed E-state index contributed by atoms with van der Waals surface area (Å²) in [6, 6.07) is 8.90. The van der Waals surface area contributed by atoms with Crippen molar-refractivity contribution in [3.63, 3.8) is 0 Å². The maximum Gasteiger partial charge on any atom is 0.185 e. The minimum Gasteiger partial charge on any atom is -0.493 e. The summed E-state index contributed by atoms with van der Waals surface area (Å²) < 4.78 is 21.5. The molecule has 5 heteroatoms. The van der Waals surface area contributed by atoms with E-state index >= 15 is 0 Å². The molecule has 0 aliphatic carbocycles. The lowest BCUT2D eigenvalue weighted by molar-refractivity contribution is -0.0803. The van der Waals surface area contributed by atoms with Gasteiger partial charge in [0.15, 0.2) is 23.5 Å². The average molecular weight is 274 g/mol. The maximum absolute atomic E-state index is 10.6. The fourth-order valence-electron chi connectivity index (χ4n) is 1.95. The van der Waals surface area contributed by atoms with Crippen LogP contribution in [-0.2, 0) is 4.74 Å². The Bertz CT molecular complexity index is 612. The fraction of sp³-hybridized carbons (Fsp3) is 0.267. The normalized spacial score (nSPS) is 14.7. The average Bonchev–Trinajstić information content (AvgIpc) is 2.91. The molecule has 0 radical (unpaired) electrons. The molecule has 3 rings (SSSR count). The molecule has 5 nitrogen and oxygen atoms in total. The Balaban J connectivity index is 1.87. The summed E-state index contributed by atoms with van der Waals surface area (Å²) in [4.78, 5) is 10.6. The highest BCUT2D eigenvalue weighted by molar-refractivity contribution is 5.73. The molecule has 20 heavy (non-hydrogen) atoms. The smallest absolute Gasteiger partial charge is 0.185 e. The van der Waals surface area contributed by atoms with Gasteiger partial charge in [-0.2, -0.15) is 0 Å². The first kappa shape index (κ1) is 12.7. The number of aldehydes is 1. The molecule has 0 spiro atoms. The molecule has 2 aromatic rings. The van der Waals surface area contributed by atoms with Crippen LogP contribution in [0.15, 0.2) is 34.7 Å². The lowest BCUT2D eigenvalue weighted by Crippen LogP contribution is -2.38. The summed E-state index contributed by atoms with van der Waals surface area (Å²) in [6.45, 7) is 1.21. The quantitative estimate of drug-likeness (QED) is 0.784. The third-order valence-electron chi connectivity index (χ3n) is 3.09. The Morgan fingerprint density at radius 3 is 2.65 bits per heavy atom. The van der Waals surface area contributed by atoms with E-state index in [4.69, 9.17) is 18.6 Å². The van der Waals surface area contributed by atoms with Crippen molar-refractivity contribution in [1.82, 2.24) is 0 Å². The van der Waals surface area contributed by atoms with E-state index in [1.54, 1.807) is 19.2 Å². The van der Waals surface area contributed by atoms with Crippen molar-refractivity contribution in [2.45, 2.75) is 6.10 Å². The van der Waals surface area contributed by atoms with Gasteiger partial charge in [0.05, 0.1) is 20.3 Å². The molecule has 1 aliphatic rings. The summed E-state index contributed by atoms with van der Waals surface area (Å²) in [7, 11) is 1.59. The van der Waals surface area contributed by atoms with Crippen molar-refractivity contribution < 1.29 is 23.4 Å². The Labute approximate surface area is 116 Å². The topological polar surface area (TPSA) is 57.9 Å². The van der Waals surface area contributed by atoms with E-state index in [9.17, 15) is 4.79 Å². The SMILES string of the molecule is COc1cc(-c2ccc(C=O)o2)ccc1OC1COC1. The van der Waals surface area contributed by atoms with Crippen LogP contribution in [0.5, 0.6) is 11.5 Å². The number of furan rings is 1. The van der Waals surface area contributed by atoms with Crippen LogP contribution in [0.4, 0.5) is 0 Å². The van der Waals surface area contributed by atoms with Gasteiger partial charge in [0.2, 0.25) is 0 Å². The number of hydrogen-bond acceptors (Lipinski definition) is 5. The van der Waals surface area contributed by atoms with Crippen LogP contribution in [0.1, 0.15) is 10.6 Å². The van der Waals surface area contributed by atoms with Gasteiger partial charge in [-0.15, -0.1) is 0 Å². The Morgan fingerprint density at radius 1 is 1.20 bits per heavy atom. The van der Waals surface area contributed by atoms with Crippen LogP contribution in [-0.4, -0.2) is 32.7 Å². The molecule has 104 valence electrons. The summed E-state index contributed by atoms with van der Waals surface area (Å²) in [5.41, 5.74) is 0.826. The van der Waals surface area contributed by atoms with E-state index in [1.807, 2.05) is 18.2 Å². The van der Waals surface area contributed by atoms with Gasteiger partial charge in [-0.3, -0.25) is 4.79 Å². The molecule has 0 bridgehead atoms. The minimum atomic E-state index is 0.0834. The molecule has 0 atom stereocenters. The van der Waals surface area contributed by atoms with Crippen LogP contribution in [0.25, 0.3) is 11.3 Å². The van der Waals surface area contributed by atoms with Crippen molar-refractivity contribution in [3.8, 4) is 22.8 Å². The van der Waals surface area contributed by atoms with Crippen molar-refractivity contribution in [2.24, 2.45) is 0 Å². The lowest BCUT2D eigenvalue weighted by atomic mass is 10.1. The Hall–Kier alpha value is -2.27. The number of carbonyl (C=O) groups is 1. The first-order valence-electron chi connectivity index (χ1n) is 6.28. The van der Waals surface area contributed by atoms with Gasteiger partial charge in [-0.1, -0.05) is 0 Å². The Morgan fingerprint density at radius 2 is 2.05 bits per heavy atom. The second-order valence-corrected chi connectivity index (χ2v) is 4.46. The fourth-order valence-corrected chi connectivity index (χ4v) is 1.95. The number of ether oxygens (including phenoxy) is 3. The van der Waals surface area contributed by atoms with Crippen molar-refractivity contribution >= 4 is 6.29 Å². The maximum atomic E-state index is 10.6. The summed E-state index contributed by atoms with van der Waals surface area (Å²) in [6.07, 6.45) is 0.759. The van der Waals surface area contributed by atoms with E-state index in [0.29, 0.717) is 42.5 Å². The second-order valence-electron chi connectivity index (χ2n) is 4.46. The lowest BCUT2D eigenvalue weighted by Gasteiger charge is -2.27. The van der Waals surface area contributed by atoms with Gasteiger partial charge in [0.1, 0.15) is 11.9 Å². The largest absolute Gasteiger partial charge is 0.493 e. The number of hydrogen-bond donors (Lipinski definition) is 0. The molecular formula is C15H14O5. The van der Waals surface area contributed by atoms with Gasteiger partial charge in [-0.25, -0.2) is 0 Å². The molecule has 1 aromatic carbocycles. The highest BCUT2D eigenvalue weighted by Gasteiger charge is 2.22. The zero-order chi connectivity index (χ0) is 13.9. The molecule has 0 saturated carbocycles. The van der Waals surface area contributed by atoms with Crippen LogP contribution in [0, 0.1) is 0 Å². The highest BCUT2D eigenvalue weighted by atomic mass is 16.6. The van der Waals surface area contributed by atoms with Crippen molar-refractivity contribution in [1.29, 1.82) is 0 Å². The third kappa shape index (κ3) is 2.40. The van der Waals surface area contributed by atoms with Gasteiger partial charge >= 0.3 is 0 Å². The molecule has 0 N–H and O–H groups in total. The van der Waals surface area contributed by atoms with Gasteiger partial charge in [0, 0.05) is 5.56 Å². The van der Waals surface area contributed by atoms with Crippen LogP contribution < -0.4 is 9.47 Å². The molecular weight excluding hydrogens is 260 g/mol. The summed E-state index contributed by atoms with van der Waals surface area (Å²) >= 11 is 0. The zero-order valence-corrected chi connectivity index (χ0v) is 11.0. The second kappa shape index (κ2) is 5.38. The number of methoxy groups -OCH3 is 1. The van der Waals surface area contributed by atoms with Crippen molar-refractivity contribution in [2.75, 3.05) is 20.3 Å². The van der Waals surface area contributed by atoms with Crippen LogP contribution >= 0.6 is 0 Å². The van der Waals surface area contributed by atoms with Gasteiger partial charge in [-0.05, 0) is 30.3 Å². The molecule has 1 aromatic heterocycles. The highest BCUT2D eigenvalue weighted by Crippen LogP contribution is 2.34. The number of rotatable bonds is 5. The van der Waals surface area contributed by atoms with Crippen LogP contribution in [0.2, 0.25) is 0 Å². The van der Waals surface area contributed by atoms with E-state index < -0.39 is 0 Å². The summed E-state index contributed by atoms with van der Waals surface area (Å²) in [5, 5.41) is 0. The van der Waals surface area contributed by atoms with E-state index in [0.717, 1.165) is 5.56 Å². The Kier molecular flexibility index (Phi) is 3.43. The molecule has 1 saturated heterocycles. The zero-order valence-electron chi connectivity index (χ0n) is 11.0. The third-order valence-corrected chi connectivity index (χ3v) is 3.09. The first-order valence-corrected chi connectivity index (χ1v) is 6.28. The molecule has 0 amide bonds. The predicted molar refractivity (Wildman–Crippen MR) is 71.3 cm³/mol. The molecule has 1 fully saturated rings. The minimum absolute atomic E-state index is 0.0834. The standard InChI is InChI=1S/C15H14O5/c1-17-15-6-10(13-5-3-11(7-16)19-13)2-4-14(15)20-12-8-18-9-12/h2-7,12H,8-9H2,1H3. The van der Waals surface area contributed by atoms with E-state index in [2.05, 4.69) is 0 Å². The first-order chi connectivity index (χ1) is 9.80. The number of benzene rings is 1. The van der Waals surface area contributed by atoms with Crippen LogP contribution in [0.3, 0.4) is 0 Å². The predicted octanol–water partition coefficient (Wildman–Crippen LogP) is 2.55. The van der Waals surface area contributed by atoms with E-state index in [-0.39, 0.29) is 6.10 Å². The molecule has 2 heterocycles. The molecule has 1 aliphatic heterocycles. The van der Waals surface area contributed by atoms with Gasteiger partial charge in [0.25, 0.3) is 0 Å². The molecule has 0 unspecified atom stereocenters.